The van der Waals surface area contributed by atoms with E-state index in [2.05, 4.69) is 25.6 Å². The number of hydrogen-bond donors (Lipinski definition) is 6. The number of nitrogens with zero attached hydrogens (tertiary/aromatic N) is 3. The molecule has 1 unspecified atom stereocenters. The van der Waals surface area contributed by atoms with E-state index in [4.69, 9.17) is 21.2 Å². The van der Waals surface area contributed by atoms with Gasteiger partial charge in [-0.3, -0.25) is 19.9 Å². The van der Waals surface area contributed by atoms with Crippen LogP contribution in [0.5, 0.6) is 0 Å². The number of carboxylic acids is 2. The molecule has 0 saturated heterocycles. The van der Waals surface area contributed by atoms with Gasteiger partial charge in [0.05, 0.1) is 12.0 Å². The lowest BCUT2D eigenvalue weighted by molar-refractivity contribution is -0.139. The molecule has 0 aliphatic carbocycles. The van der Waals surface area contributed by atoms with Crippen molar-refractivity contribution in [3.05, 3.63) is 17.7 Å². The number of aromatic amines is 1. The third-order valence-electron chi connectivity index (χ3n) is 3.10. The number of rotatable bonds is 9. The summed E-state index contributed by atoms with van der Waals surface area (Å²) in [6.45, 7) is 2.77. The molecule has 12 heteroatoms. The summed E-state index contributed by atoms with van der Waals surface area (Å²) in [5.74, 6) is 0.127. The van der Waals surface area contributed by atoms with Gasteiger partial charge in [-0.15, -0.1) is 0 Å². The Labute approximate surface area is 161 Å². The van der Waals surface area contributed by atoms with Crippen LogP contribution in [0.25, 0.3) is 0 Å². The lowest BCUT2D eigenvalue weighted by Crippen LogP contribution is -2.35. The van der Waals surface area contributed by atoms with Crippen molar-refractivity contribution < 1.29 is 19.8 Å². The van der Waals surface area contributed by atoms with Gasteiger partial charge in [0.15, 0.2) is 6.19 Å². The Morgan fingerprint density at radius 3 is 2.70 bits per heavy atom. The number of aromatic nitrogens is 2. The Morgan fingerprint density at radius 2 is 2.22 bits per heavy atom. The van der Waals surface area contributed by atoms with Crippen molar-refractivity contribution in [2.24, 2.45) is 10.7 Å². The number of carbonyl (C=O) groups is 2. The predicted octanol–water partition coefficient (Wildman–Crippen LogP) is -0.139. The van der Waals surface area contributed by atoms with E-state index in [-0.39, 0.29) is 12.8 Å². The first-order valence-electron chi connectivity index (χ1n) is 7.94. The average molecular weight is 399 g/mol. The van der Waals surface area contributed by atoms with Gasteiger partial charge in [-0.05, 0) is 13.3 Å². The molecule has 11 nitrogen and oxygen atoms in total. The van der Waals surface area contributed by atoms with E-state index in [9.17, 15) is 9.59 Å². The van der Waals surface area contributed by atoms with Gasteiger partial charge in [-0.1, -0.05) is 0 Å². The second-order valence-corrected chi connectivity index (χ2v) is 6.24. The maximum atomic E-state index is 9.99. The summed E-state index contributed by atoms with van der Waals surface area (Å²) >= 11 is 1.79. The third kappa shape index (κ3) is 12.2. The van der Waals surface area contributed by atoms with E-state index in [1.165, 1.54) is 0 Å². The van der Waals surface area contributed by atoms with Crippen LogP contribution in [-0.4, -0.2) is 63.5 Å². The fourth-order valence-electron chi connectivity index (χ4n) is 1.58. The molecule has 150 valence electrons. The van der Waals surface area contributed by atoms with Gasteiger partial charge in [-0.2, -0.15) is 17.0 Å². The minimum atomic E-state index is -1.17. The van der Waals surface area contributed by atoms with Gasteiger partial charge >= 0.3 is 11.9 Å². The quantitative estimate of drug-likeness (QED) is 0.107. The highest BCUT2D eigenvalue weighted by atomic mass is 32.2. The van der Waals surface area contributed by atoms with Crippen LogP contribution in [-0.2, 0) is 15.3 Å². The summed E-state index contributed by atoms with van der Waals surface area (Å²) in [4.78, 5) is 31.0. The number of nitrogens with two attached hydrogens (primary N) is 1. The van der Waals surface area contributed by atoms with Crippen LogP contribution in [0.4, 0.5) is 0 Å². The van der Waals surface area contributed by atoms with Crippen LogP contribution >= 0.6 is 11.8 Å². The minimum Gasteiger partial charge on any atom is -0.481 e. The number of H-pyrrole nitrogens is 1. The summed E-state index contributed by atoms with van der Waals surface area (Å²) in [5, 5.41) is 30.2. The summed E-state index contributed by atoms with van der Waals surface area (Å²) < 4.78 is 0. The highest BCUT2D eigenvalue weighted by Crippen LogP contribution is 2.11. The predicted molar refractivity (Wildman–Crippen MR) is 102 cm³/mol. The lowest BCUT2D eigenvalue weighted by atomic mass is 10.2. The van der Waals surface area contributed by atoms with Crippen LogP contribution in [0, 0.1) is 18.4 Å². The lowest BCUT2D eigenvalue weighted by Gasteiger charge is -2.06. The SMILES string of the molecule is CN=C(NC#N)NCCSCc1nc[nH]c1C.NC(CCC(=O)O)C(=O)O. The molecule has 0 fully saturated rings. The van der Waals surface area contributed by atoms with E-state index < -0.39 is 18.0 Å². The van der Waals surface area contributed by atoms with Gasteiger partial charge in [0, 0.05) is 37.2 Å². The van der Waals surface area contributed by atoms with Crippen molar-refractivity contribution in [3.8, 4) is 6.19 Å². The largest absolute Gasteiger partial charge is 0.481 e. The topological polar surface area (TPSA) is 190 Å². The maximum absolute atomic E-state index is 9.99. The molecule has 0 aliphatic heterocycles. The van der Waals surface area contributed by atoms with Gasteiger partial charge in [0.1, 0.15) is 6.04 Å². The summed E-state index contributed by atoms with van der Waals surface area (Å²) in [7, 11) is 1.63. The first kappa shape index (κ1) is 24.2. The molecule has 1 aromatic rings. The van der Waals surface area contributed by atoms with Crippen molar-refractivity contribution in [1.29, 1.82) is 5.26 Å². The summed E-state index contributed by atoms with van der Waals surface area (Å²) in [6, 6.07) is -1.06. The van der Waals surface area contributed by atoms with Crippen molar-refractivity contribution in [3.63, 3.8) is 0 Å². The van der Waals surface area contributed by atoms with Crippen LogP contribution in [0.3, 0.4) is 0 Å². The number of hydrogen-bond acceptors (Lipinski definition) is 7. The first-order chi connectivity index (χ1) is 12.8. The molecule has 0 aromatic carbocycles. The fraction of sp³-hybridized carbons (Fsp3) is 0.533. The number of aryl methyl sites for hydroxylation is 1. The highest BCUT2D eigenvalue weighted by molar-refractivity contribution is 7.98. The minimum absolute atomic E-state index is 0.0231. The van der Waals surface area contributed by atoms with E-state index in [0.29, 0.717) is 5.96 Å². The number of imidazole rings is 1. The second kappa shape index (κ2) is 14.4. The summed E-state index contributed by atoms with van der Waals surface area (Å²) in [6.07, 6.45) is 3.31. The molecule has 1 rings (SSSR count). The fourth-order valence-corrected chi connectivity index (χ4v) is 2.45. The number of aliphatic carboxylic acids is 2. The zero-order valence-electron chi connectivity index (χ0n) is 15.2. The number of nitriles is 1. The van der Waals surface area contributed by atoms with Crippen molar-refractivity contribution in [1.82, 2.24) is 20.6 Å². The molecule has 27 heavy (non-hydrogen) atoms. The number of guanidine groups is 1. The molecular weight excluding hydrogens is 374 g/mol. The van der Waals surface area contributed by atoms with Crippen molar-refractivity contribution in [2.75, 3.05) is 19.3 Å². The maximum Gasteiger partial charge on any atom is 0.320 e. The van der Waals surface area contributed by atoms with E-state index in [1.54, 1.807) is 25.1 Å². The first-order valence-corrected chi connectivity index (χ1v) is 9.09. The van der Waals surface area contributed by atoms with Crippen LogP contribution in [0.15, 0.2) is 11.3 Å². The molecule has 0 radical (unpaired) electrons. The number of nitrogens with one attached hydrogen (secondary N) is 3. The van der Waals surface area contributed by atoms with E-state index >= 15 is 0 Å². The third-order valence-corrected chi connectivity index (χ3v) is 4.07. The molecule has 7 N–H and O–H groups in total. The van der Waals surface area contributed by atoms with Crippen molar-refractivity contribution in [2.45, 2.75) is 31.6 Å². The molecule has 1 atom stereocenters. The molecule has 0 amide bonds. The second-order valence-electron chi connectivity index (χ2n) is 5.14. The molecule has 1 heterocycles. The number of aliphatic imine (C=N–C) groups is 1. The molecule has 0 bridgehead atoms. The van der Waals surface area contributed by atoms with Gasteiger partial charge in [0.2, 0.25) is 5.96 Å². The standard InChI is InChI=1S/C10H16N6S.C5H9NO4/c1-8-9(16-7-15-8)5-17-4-3-13-10(12-2)14-6-11;6-3(5(9)10)1-2-4(7)8/h7H,3-5H2,1-2H3,(H,15,16)(H2,12,13,14);3H,1-2,6H2,(H,7,8)(H,9,10). The number of thioether (sulfide) groups is 1. The molecule has 1 aromatic heterocycles. The van der Waals surface area contributed by atoms with Gasteiger partial charge < -0.3 is 26.2 Å². The van der Waals surface area contributed by atoms with Crippen LogP contribution < -0.4 is 16.4 Å². The normalized spacial score (nSPS) is 11.6. The monoisotopic (exact) mass is 399 g/mol. The Bertz CT molecular complexity index is 657. The Kier molecular flexibility index (Phi) is 12.9. The smallest absolute Gasteiger partial charge is 0.320 e. The van der Waals surface area contributed by atoms with E-state index in [1.807, 2.05) is 13.1 Å². The zero-order valence-corrected chi connectivity index (χ0v) is 16.0. The van der Waals surface area contributed by atoms with Crippen molar-refractivity contribution >= 4 is 29.7 Å². The van der Waals surface area contributed by atoms with Gasteiger partial charge in [-0.25, -0.2) is 4.98 Å². The molecule has 0 saturated carbocycles. The molecule has 0 spiro atoms. The average Bonchev–Trinajstić information content (AvgIpc) is 3.03. The zero-order chi connectivity index (χ0) is 20.7. The van der Waals surface area contributed by atoms with Crippen LogP contribution in [0.1, 0.15) is 24.2 Å². The Morgan fingerprint density at radius 1 is 1.52 bits per heavy atom. The molecular formula is C15H25N7O4S. The summed E-state index contributed by atoms with van der Waals surface area (Å²) in [5.41, 5.74) is 7.21. The Balaban J connectivity index is 0.000000580. The van der Waals surface area contributed by atoms with E-state index in [0.717, 1.165) is 29.4 Å². The highest BCUT2D eigenvalue weighted by Gasteiger charge is 2.12. The van der Waals surface area contributed by atoms with Crippen LogP contribution in [0.2, 0.25) is 0 Å². The molecule has 0 aliphatic rings. The Hall–Kier alpha value is -2.78. The number of carboxylic acid groups (broad SMARTS) is 2. The van der Waals surface area contributed by atoms with Gasteiger partial charge in [0.25, 0.3) is 0 Å².